The lowest BCUT2D eigenvalue weighted by atomic mass is 10.0. The number of carbonyl (C=O) groups excluding carboxylic acids is 1. The van der Waals surface area contributed by atoms with E-state index in [0.29, 0.717) is 0 Å². The van der Waals surface area contributed by atoms with Gasteiger partial charge in [0.1, 0.15) is 5.60 Å². The van der Waals surface area contributed by atoms with Crippen molar-refractivity contribution < 1.29 is 14.3 Å². The highest BCUT2D eigenvalue weighted by Crippen LogP contribution is 2.20. The molecule has 1 fully saturated rings. The summed E-state index contributed by atoms with van der Waals surface area (Å²) in [5.74, 6) is 0. The van der Waals surface area contributed by atoms with E-state index in [1.807, 2.05) is 25.7 Å². The van der Waals surface area contributed by atoms with E-state index < -0.39 is 5.60 Å². The summed E-state index contributed by atoms with van der Waals surface area (Å²) in [6, 6.07) is 0.231. The van der Waals surface area contributed by atoms with Crippen LogP contribution in [0.1, 0.15) is 60.3 Å². The SMILES string of the molecule is COC(C)(C)CCNCC1CCCCN1C(=O)OC(C)(C)C. The fraction of sp³-hybridized carbons (Fsp3) is 0.941. The molecule has 0 aliphatic carbocycles. The van der Waals surface area contributed by atoms with Crippen LogP contribution in [-0.2, 0) is 9.47 Å². The lowest BCUT2D eigenvalue weighted by Gasteiger charge is -2.37. The minimum atomic E-state index is -0.436. The standard InChI is InChI=1S/C17H34N2O3/c1-16(2,3)22-15(20)19-12-8-7-9-14(19)13-18-11-10-17(4,5)21-6/h14,18H,7-13H2,1-6H3. The Morgan fingerprint density at radius 1 is 1.23 bits per heavy atom. The molecule has 0 radical (unpaired) electrons. The first kappa shape index (κ1) is 19.2. The quantitative estimate of drug-likeness (QED) is 0.765. The Morgan fingerprint density at radius 3 is 2.50 bits per heavy atom. The van der Waals surface area contributed by atoms with Crippen molar-refractivity contribution in [1.29, 1.82) is 0 Å². The van der Waals surface area contributed by atoms with Gasteiger partial charge in [-0.15, -0.1) is 0 Å². The third-order valence-electron chi connectivity index (χ3n) is 4.09. The summed E-state index contributed by atoms with van der Waals surface area (Å²) < 4.78 is 10.9. The zero-order chi connectivity index (χ0) is 16.8. The van der Waals surface area contributed by atoms with Gasteiger partial charge in [-0.1, -0.05) is 0 Å². The van der Waals surface area contributed by atoms with Crippen LogP contribution in [0.3, 0.4) is 0 Å². The molecule has 5 nitrogen and oxygen atoms in total. The number of carbonyl (C=O) groups is 1. The van der Waals surface area contributed by atoms with E-state index in [-0.39, 0.29) is 17.7 Å². The van der Waals surface area contributed by atoms with Crippen LogP contribution in [0.25, 0.3) is 0 Å². The van der Waals surface area contributed by atoms with Gasteiger partial charge in [-0.05, 0) is 66.8 Å². The van der Waals surface area contributed by atoms with E-state index >= 15 is 0 Å². The first-order valence-corrected chi connectivity index (χ1v) is 8.40. The molecule has 1 amide bonds. The van der Waals surface area contributed by atoms with Crippen molar-refractivity contribution >= 4 is 6.09 Å². The van der Waals surface area contributed by atoms with Gasteiger partial charge in [-0.2, -0.15) is 0 Å². The predicted octanol–water partition coefficient (Wildman–Crippen LogP) is 3.18. The Morgan fingerprint density at radius 2 is 1.91 bits per heavy atom. The van der Waals surface area contributed by atoms with Gasteiger partial charge in [0.25, 0.3) is 0 Å². The molecular formula is C17H34N2O3. The second-order valence-corrected chi connectivity index (χ2v) is 7.74. The number of amides is 1. The van der Waals surface area contributed by atoms with Crippen molar-refractivity contribution in [2.45, 2.75) is 77.5 Å². The van der Waals surface area contributed by atoms with Crippen molar-refractivity contribution in [1.82, 2.24) is 10.2 Å². The van der Waals surface area contributed by atoms with E-state index in [0.717, 1.165) is 38.9 Å². The predicted molar refractivity (Wildman–Crippen MR) is 89.2 cm³/mol. The summed E-state index contributed by atoms with van der Waals surface area (Å²) in [7, 11) is 1.74. The van der Waals surface area contributed by atoms with Crippen molar-refractivity contribution in [2.75, 3.05) is 26.7 Å². The van der Waals surface area contributed by atoms with Crippen LogP contribution in [0.2, 0.25) is 0 Å². The molecule has 1 saturated heterocycles. The minimum absolute atomic E-state index is 0.107. The van der Waals surface area contributed by atoms with Crippen LogP contribution < -0.4 is 5.32 Å². The third kappa shape index (κ3) is 6.97. The molecule has 1 aliphatic rings. The van der Waals surface area contributed by atoms with Crippen molar-refractivity contribution in [3.63, 3.8) is 0 Å². The molecule has 1 N–H and O–H groups in total. The summed E-state index contributed by atoms with van der Waals surface area (Å²) in [6.45, 7) is 12.4. The molecular weight excluding hydrogens is 280 g/mol. The zero-order valence-electron chi connectivity index (χ0n) is 15.2. The van der Waals surface area contributed by atoms with Crippen LogP contribution in [0, 0.1) is 0 Å². The van der Waals surface area contributed by atoms with Crippen LogP contribution in [0.5, 0.6) is 0 Å². The smallest absolute Gasteiger partial charge is 0.410 e. The van der Waals surface area contributed by atoms with Crippen LogP contribution in [0.15, 0.2) is 0 Å². The van der Waals surface area contributed by atoms with E-state index in [4.69, 9.17) is 9.47 Å². The second-order valence-electron chi connectivity index (χ2n) is 7.74. The molecule has 1 unspecified atom stereocenters. The molecule has 0 aromatic heterocycles. The van der Waals surface area contributed by atoms with Gasteiger partial charge >= 0.3 is 6.09 Å². The first-order valence-electron chi connectivity index (χ1n) is 8.40. The molecule has 130 valence electrons. The second kappa shape index (κ2) is 8.16. The van der Waals surface area contributed by atoms with Crippen molar-refractivity contribution in [3.05, 3.63) is 0 Å². The number of nitrogens with zero attached hydrogens (tertiary/aromatic N) is 1. The van der Waals surface area contributed by atoms with Gasteiger partial charge in [0, 0.05) is 26.2 Å². The molecule has 1 atom stereocenters. The largest absolute Gasteiger partial charge is 0.444 e. The van der Waals surface area contributed by atoms with E-state index in [9.17, 15) is 4.79 Å². The van der Waals surface area contributed by atoms with Gasteiger partial charge in [0.05, 0.1) is 5.60 Å². The molecule has 0 saturated carbocycles. The monoisotopic (exact) mass is 314 g/mol. The maximum absolute atomic E-state index is 12.3. The summed E-state index contributed by atoms with van der Waals surface area (Å²) in [6.07, 6.45) is 4.04. The Balaban J connectivity index is 2.43. The summed E-state index contributed by atoms with van der Waals surface area (Å²) in [5, 5.41) is 3.46. The Hall–Kier alpha value is -0.810. The van der Waals surface area contributed by atoms with Crippen LogP contribution in [0.4, 0.5) is 4.79 Å². The molecule has 0 spiro atoms. The Bertz CT molecular complexity index is 350. The number of piperidine rings is 1. The normalized spacial score (nSPS) is 20.1. The van der Waals surface area contributed by atoms with Gasteiger partial charge in [0.15, 0.2) is 0 Å². The molecule has 1 aliphatic heterocycles. The topological polar surface area (TPSA) is 50.8 Å². The molecule has 5 heteroatoms. The third-order valence-corrected chi connectivity index (χ3v) is 4.09. The maximum Gasteiger partial charge on any atom is 0.410 e. The maximum atomic E-state index is 12.3. The number of nitrogens with one attached hydrogen (secondary N) is 1. The highest BCUT2D eigenvalue weighted by molar-refractivity contribution is 5.68. The van der Waals surface area contributed by atoms with Crippen molar-refractivity contribution in [3.8, 4) is 0 Å². The van der Waals surface area contributed by atoms with E-state index in [1.165, 1.54) is 6.42 Å². The fourth-order valence-corrected chi connectivity index (χ4v) is 2.53. The summed E-state index contributed by atoms with van der Waals surface area (Å²) in [4.78, 5) is 14.2. The lowest BCUT2D eigenvalue weighted by Crippen LogP contribution is -2.50. The number of ether oxygens (including phenoxy) is 2. The van der Waals surface area contributed by atoms with E-state index in [2.05, 4.69) is 19.2 Å². The van der Waals surface area contributed by atoms with Gasteiger partial charge in [0.2, 0.25) is 0 Å². The summed E-state index contributed by atoms with van der Waals surface area (Å²) >= 11 is 0. The number of likely N-dealkylation sites (tertiary alicyclic amines) is 1. The highest BCUT2D eigenvalue weighted by Gasteiger charge is 2.30. The zero-order valence-corrected chi connectivity index (χ0v) is 15.2. The van der Waals surface area contributed by atoms with Crippen LogP contribution in [-0.4, -0.2) is 55.0 Å². The molecule has 1 rings (SSSR count). The lowest BCUT2D eigenvalue weighted by molar-refractivity contribution is 0.00731. The van der Waals surface area contributed by atoms with E-state index in [1.54, 1.807) is 7.11 Å². The molecule has 22 heavy (non-hydrogen) atoms. The molecule has 0 bridgehead atoms. The summed E-state index contributed by atoms with van der Waals surface area (Å²) in [5.41, 5.74) is -0.542. The number of methoxy groups -OCH3 is 1. The van der Waals surface area contributed by atoms with Gasteiger partial charge in [-0.25, -0.2) is 4.79 Å². The molecule has 0 aromatic carbocycles. The Kier molecular flexibility index (Phi) is 7.13. The molecule has 0 aromatic rings. The highest BCUT2D eigenvalue weighted by atomic mass is 16.6. The number of hydrogen-bond acceptors (Lipinski definition) is 4. The fourth-order valence-electron chi connectivity index (χ4n) is 2.53. The van der Waals surface area contributed by atoms with Gasteiger partial charge in [-0.3, -0.25) is 0 Å². The van der Waals surface area contributed by atoms with Crippen molar-refractivity contribution in [2.24, 2.45) is 0 Å². The molecule has 1 heterocycles. The number of rotatable bonds is 6. The number of hydrogen-bond donors (Lipinski definition) is 1. The minimum Gasteiger partial charge on any atom is -0.444 e. The Labute approximate surface area is 135 Å². The first-order chi connectivity index (χ1) is 10.1. The van der Waals surface area contributed by atoms with Crippen LogP contribution >= 0.6 is 0 Å². The average molecular weight is 314 g/mol. The van der Waals surface area contributed by atoms with Gasteiger partial charge < -0.3 is 19.7 Å². The average Bonchev–Trinajstić information content (AvgIpc) is 2.42.